The van der Waals surface area contributed by atoms with Gasteiger partial charge >= 0.3 is 5.97 Å². The van der Waals surface area contributed by atoms with Crippen LogP contribution in [0.3, 0.4) is 0 Å². The van der Waals surface area contributed by atoms with Crippen molar-refractivity contribution in [3.05, 3.63) is 60.8 Å². The molecule has 0 spiro atoms. The molecule has 0 rings (SSSR count). The lowest BCUT2D eigenvalue weighted by Gasteiger charge is -2.30. The Kier molecular flexibility index (Phi) is 60.1. The molecule has 0 bridgehead atoms. The lowest BCUT2D eigenvalue weighted by Crippen LogP contribution is -2.47. The van der Waals surface area contributed by atoms with E-state index in [4.69, 9.17) is 13.8 Å². The van der Waals surface area contributed by atoms with Gasteiger partial charge in [0.05, 0.1) is 33.8 Å². The van der Waals surface area contributed by atoms with Gasteiger partial charge in [-0.15, -0.1) is 0 Å². The number of phosphoric ester groups is 1. The van der Waals surface area contributed by atoms with Crippen LogP contribution in [0.1, 0.15) is 335 Å². The van der Waals surface area contributed by atoms with Crippen LogP contribution >= 0.6 is 7.82 Å². The first kappa shape index (κ1) is 79.7. The zero-order valence-electron chi connectivity index (χ0n) is 54.9. The predicted molar refractivity (Wildman–Crippen MR) is 353 cm³/mol. The van der Waals surface area contributed by atoms with E-state index in [0.717, 1.165) is 70.6 Å². The maximum atomic E-state index is 13.6. The second-order valence-corrected chi connectivity index (χ2v) is 26.4. The molecule has 0 radical (unpaired) electrons. The van der Waals surface area contributed by atoms with Gasteiger partial charge in [-0.05, 0) is 96.0 Å². The molecule has 1 N–H and O–H groups in total. The minimum Gasteiger partial charge on any atom is -0.756 e. The molecule has 480 valence electrons. The fraction of sp³-hybridized carbons (Fsp3) is 0.833. The van der Waals surface area contributed by atoms with Crippen LogP contribution in [-0.4, -0.2) is 69.4 Å². The van der Waals surface area contributed by atoms with Gasteiger partial charge in [-0.25, -0.2) is 0 Å². The van der Waals surface area contributed by atoms with Gasteiger partial charge in [0, 0.05) is 12.8 Å². The van der Waals surface area contributed by atoms with E-state index in [2.05, 4.69) is 74.7 Å². The summed E-state index contributed by atoms with van der Waals surface area (Å²) < 4.78 is 30.4. The maximum absolute atomic E-state index is 13.6. The third kappa shape index (κ3) is 62.2. The Morgan fingerprint density at radius 2 is 0.744 bits per heavy atom. The summed E-state index contributed by atoms with van der Waals surface area (Å²) in [5.41, 5.74) is 0. The Labute approximate surface area is 509 Å². The number of rotatable bonds is 64. The number of likely N-dealkylation sites (N-methyl/N-ethyl adjacent to an activating group) is 1. The minimum atomic E-state index is -4.70. The number of hydrogen-bond donors (Lipinski definition) is 1. The Balaban J connectivity index is 5.06. The maximum Gasteiger partial charge on any atom is 0.306 e. The number of ether oxygens (including phenoxy) is 1. The molecule has 3 unspecified atom stereocenters. The first-order chi connectivity index (χ1) is 39.9. The van der Waals surface area contributed by atoms with Crippen LogP contribution < -0.4 is 10.2 Å². The summed E-state index contributed by atoms with van der Waals surface area (Å²) in [7, 11) is 1.19. The van der Waals surface area contributed by atoms with Crippen LogP contribution in [0.15, 0.2) is 60.8 Å². The van der Waals surface area contributed by atoms with Gasteiger partial charge in [0.1, 0.15) is 19.3 Å². The highest BCUT2D eigenvalue weighted by Crippen LogP contribution is 2.38. The van der Waals surface area contributed by atoms with Gasteiger partial charge in [0.2, 0.25) is 5.91 Å². The van der Waals surface area contributed by atoms with Crippen molar-refractivity contribution in [2.45, 2.75) is 348 Å². The van der Waals surface area contributed by atoms with E-state index in [1.807, 2.05) is 33.3 Å². The molecular formula is C72H135N2O7P. The molecule has 0 aromatic rings. The highest BCUT2D eigenvalue weighted by molar-refractivity contribution is 7.45. The summed E-state index contributed by atoms with van der Waals surface area (Å²) in [5, 5.41) is 3.04. The summed E-state index contributed by atoms with van der Waals surface area (Å²) in [5.74, 6) is -0.534. The molecule has 10 heteroatoms. The average molecular weight is 1170 g/mol. The smallest absolute Gasteiger partial charge is 0.306 e. The Hall–Kier alpha value is -2.29. The molecule has 3 atom stereocenters. The van der Waals surface area contributed by atoms with Crippen LogP contribution in [-0.2, 0) is 27.9 Å². The van der Waals surface area contributed by atoms with Gasteiger partial charge in [0.25, 0.3) is 7.82 Å². The molecule has 0 saturated carbocycles. The molecule has 0 aliphatic carbocycles. The molecule has 0 aliphatic rings. The third-order valence-corrected chi connectivity index (χ3v) is 16.6. The monoisotopic (exact) mass is 1170 g/mol. The number of phosphoric acid groups is 1. The zero-order valence-corrected chi connectivity index (χ0v) is 55.8. The molecule has 0 saturated heterocycles. The van der Waals surface area contributed by atoms with E-state index in [1.54, 1.807) is 0 Å². The van der Waals surface area contributed by atoms with Crippen LogP contribution in [0.4, 0.5) is 0 Å². The van der Waals surface area contributed by atoms with E-state index in [-0.39, 0.29) is 31.5 Å². The molecular weight excluding hydrogens is 1040 g/mol. The second kappa shape index (κ2) is 61.8. The van der Waals surface area contributed by atoms with E-state index < -0.39 is 20.0 Å². The minimum absolute atomic E-state index is 0.0228. The highest BCUT2D eigenvalue weighted by Gasteiger charge is 2.27. The van der Waals surface area contributed by atoms with Crippen molar-refractivity contribution in [3.63, 3.8) is 0 Å². The number of carbonyl (C=O) groups is 2. The summed E-state index contributed by atoms with van der Waals surface area (Å²) in [4.78, 5) is 40.2. The largest absolute Gasteiger partial charge is 0.756 e. The van der Waals surface area contributed by atoms with Crippen LogP contribution in [0.2, 0.25) is 0 Å². The van der Waals surface area contributed by atoms with Crippen molar-refractivity contribution < 1.29 is 37.3 Å². The number of nitrogens with one attached hydrogen (secondary N) is 1. The van der Waals surface area contributed by atoms with Crippen molar-refractivity contribution in [3.8, 4) is 0 Å². The normalized spacial score (nSPS) is 13.9. The molecule has 0 heterocycles. The number of carbonyl (C=O) groups excluding carboxylic acids is 2. The number of unbranched alkanes of at least 4 members (excludes halogenated alkanes) is 40. The molecule has 0 aromatic carbocycles. The molecule has 0 fully saturated rings. The number of amides is 1. The van der Waals surface area contributed by atoms with Gasteiger partial charge < -0.3 is 28.5 Å². The summed E-state index contributed by atoms with van der Waals surface area (Å²) in [6, 6.07) is -0.891. The summed E-state index contributed by atoms with van der Waals surface area (Å²) in [6.45, 7) is 6.83. The standard InChI is InChI=1S/C72H135N2O7P/c1-7-10-13-16-19-22-25-28-30-32-34-35-36-37-38-39-41-42-44-46-49-52-55-58-61-64-71(75)73-69(68-80-82(77,78)79-67-66-74(4,5)6)70(63-60-57-54-51-48-27-24-21-18-15-12-9-3)81-72(76)65-62-59-56-53-50-47-45-43-40-33-31-29-26-23-20-17-14-11-8-2/h19-20,22-23,28-31,60,63,69-70H,7-18,21,24-27,32-59,61-62,64-68H2,1-6H3,(H-,73,75,77,78)/b22-19-,23-20-,30-28-,31-29-,63-60-. The quantitative estimate of drug-likeness (QED) is 0.0212. The van der Waals surface area contributed by atoms with Crippen molar-refractivity contribution in [1.29, 1.82) is 0 Å². The Morgan fingerprint density at radius 3 is 1.12 bits per heavy atom. The number of hydrogen-bond acceptors (Lipinski definition) is 7. The average Bonchev–Trinajstić information content (AvgIpc) is 3.44. The molecule has 0 aromatic heterocycles. The molecule has 0 aliphatic heterocycles. The van der Waals surface area contributed by atoms with Crippen molar-refractivity contribution in [2.75, 3.05) is 40.9 Å². The molecule has 1 amide bonds. The lowest BCUT2D eigenvalue weighted by atomic mass is 10.0. The van der Waals surface area contributed by atoms with Crippen LogP contribution in [0.5, 0.6) is 0 Å². The fourth-order valence-electron chi connectivity index (χ4n) is 10.2. The van der Waals surface area contributed by atoms with Crippen molar-refractivity contribution in [1.82, 2.24) is 5.32 Å². The molecule has 82 heavy (non-hydrogen) atoms. The number of quaternary nitrogens is 1. The van der Waals surface area contributed by atoms with E-state index in [9.17, 15) is 19.0 Å². The lowest BCUT2D eigenvalue weighted by molar-refractivity contribution is -0.870. The topological polar surface area (TPSA) is 114 Å². The van der Waals surface area contributed by atoms with Gasteiger partial charge in [0.15, 0.2) is 0 Å². The van der Waals surface area contributed by atoms with Gasteiger partial charge in [-0.3, -0.25) is 14.2 Å². The van der Waals surface area contributed by atoms with Crippen molar-refractivity contribution in [2.24, 2.45) is 0 Å². The Morgan fingerprint density at radius 1 is 0.427 bits per heavy atom. The van der Waals surface area contributed by atoms with E-state index in [0.29, 0.717) is 17.4 Å². The van der Waals surface area contributed by atoms with Crippen LogP contribution in [0, 0.1) is 0 Å². The second-order valence-electron chi connectivity index (χ2n) is 25.0. The summed E-state index contributed by atoms with van der Waals surface area (Å²) in [6.07, 6.45) is 79.1. The number of nitrogens with zero attached hydrogens (tertiary/aromatic N) is 1. The number of allylic oxidation sites excluding steroid dienone is 9. The van der Waals surface area contributed by atoms with E-state index >= 15 is 0 Å². The Bertz CT molecular complexity index is 1590. The summed E-state index contributed by atoms with van der Waals surface area (Å²) >= 11 is 0. The zero-order chi connectivity index (χ0) is 60.0. The van der Waals surface area contributed by atoms with E-state index in [1.165, 1.54) is 231 Å². The van der Waals surface area contributed by atoms with Crippen LogP contribution in [0.25, 0.3) is 0 Å². The highest BCUT2D eigenvalue weighted by atomic mass is 31.2. The predicted octanol–water partition coefficient (Wildman–Crippen LogP) is 21.5. The molecule has 9 nitrogen and oxygen atoms in total. The van der Waals surface area contributed by atoms with Crippen molar-refractivity contribution >= 4 is 19.7 Å². The first-order valence-electron chi connectivity index (χ1n) is 35.1. The fourth-order valence-corrected chi connectivity index (χ4v) is 11.0. The first-order valence-corrected chi connectivity index (χ1v) is 36.6. The SMILES string of the molecule is CCCCC/C=C\C/C=C\CCCCCCCCCCCCCCCCCC(=O)NC(COP(=O)([O-])OCC[N+](C)(C)C)C(/C=C\CCCCCCCCCCCC)OC(=O)CCCCCCCCCCC/C=C\C/C=C\CCCCC. The third-order valence-electron chi connectivity index (χ3n) is 15.7. The van der Waals surface area contributed by atoms with Gasteiger partial charge in [-0.1, -0.05) is 287 Å². The van der Waals surface area contributed by atoms with Gasteiger partial charge in [-0.2, -0.15) is 0 Å². The number of esters is 1.